The molecule has 3 N–H and O–H groups in total. The number of hydrogen-bond acceptors (Lipinski definition) is 4. The Labute approximate surface area is 154 Å². The maximum atomic E-state index is 12.2. The van der Waals surface area contributed by atoms with Crippen molar-refractivity contribution in [1.29, 1.82) is 0 Å². The van der Waals surface area contributed by atoms with Gasteiger partial charge in [-0.05, 0) is 37.8 Å². The summed E-state index contributed by atoms with van der Waals surface area (Å²) < 4.78 is 0. The second-order valence-corrected chi connectivity index (χ2v) is 7.10. The summed E-state index contributed by atoms with van der Waals surface area (Å²) in [5.74, 6) is 0.825. The van der Waals surface area contributed by atoms with E-state index in [1.54, 1.807) is 6.20 Å². The van der Waals surface area contributed by atoms with Crippen molar-refractivity contribution in [2.45, 2.75) is 57.4 Å². The second kappa shape index (κ2) is 9.40. The van der Waals surface area contributed by atoms with Gasteiger partial charge in [-0.25, -0.2) is 9.78 Å². The molecule has 2 fully saturated rings. The number of rotatable bonds is 6. The van der Waals surface area contributed by atoms with Crippen LogP contribution in [-0.2, 0) is 4.79 Å². The summed E-state index contributed by atoms with van der Waals surface area (Å²) in [7, 11) is 0. The highest BCUT2D eigenvalue weighted by Crippen LogP contribution is 2.25. The number of carbonyl (C=O) groups is 2. The highest BCUT2D eigenvalue weighted by molar-refractivity contribution is 5.92. The minimum atomic E-state index is -0.302. The molecule has 0 bridgehead atoms. The van der Waals surface area contributed by atoms with Gasteiger partial charge in [-0.15, -0.1) is 0 Å². The van der Waals surface area contributed by atoms with E-state index in [0.717, 1.165) is 44.6 Å². The van der Waals surface area contributed by atoms with Crippen molar-refractivity contribution < 1.29 is 9.59 Å². The lowest BCUT2D eigenvalue weighted by Crippen LogP contribution is -2.38. The lowest BCUT2D eigenvalue weighted by atomic mass is 9.95. The third-order valence-electron chi connectivity index (χ3n) is 5.05. The van der Waals surface area contributed by atoms with Crippen LogP contribution in [0.25, 0.3) is 0 Å². The normalized spacial score (nSPS) is 17.8. The van der Waals surface area contributed by atoms with E-state index in [0.29, 0.717) is 24.7 Å². The summed E-state index contributed by atoms with van der Waals surface area (Å²) >= 11 is 0. The maximum Gasteiger partial charge on any atom is 0.319 e. The highest BCUT2D eigenvalue weighted by Gasteiger charge is 2.18. The third-order valence-corrected chi connectivity index (χ3v) is 5.05. The van der Waals surface area contributed by atoms with E-state index < -0.39 is 0 Å². The Morgan fingerprint density at radius 2 is 1.88 bits per heavy atom. The molecule has 3 rings (SSSR count). The molecule has 1 aliphatic carbocycles. The van der Waals surface area contributed by atoms with Crippen LogP contribution in [0, 0.1) is 0 Å². The zero-order valence-electron chi connectivity index (χ0n) is 15.3. The standard InChI is InChI=1S/C19H29N5O2/c25-17(22-15-7-2-1-3-8-15)10-12-21-19(26)23-16-9-6-11-20-18(16)24-13-4-5-14-24/h6,9,11,15H,1-5,7-8,10,12-14H2,(H,22,25)(H2,21,23,26). The van der Waals surface area contributed by atoms with Gasteiger partial charge in [0.1, 0.15) is 0 Å². The van der Waals surface area contributed by atoms with Gasteiger partial charge >= 0.3 is 6.03 Å². The van der Waals surface area contributed by atoms with Crippen molar-refractivity contribution in [3.63, 3.8) is 0 Å². The molecule has 0 radical (unpaired) electrons. The Bertz CT molecular complexity index is 610. The van der Waals surface area contributed by atoms with E-state index >= 15 is 0 Å². The first-order valence-corrected chi connectivity index (χ1v) is 9.76. The fourth-order valence-corrected chi connectivity index (χ4v) is 3.68. The molecule has 0 unspecified atom stereocenters. The zero-order chi connectivity index (χ0) is 18.2. The molecule has 1 saturated heterocycles. The molecular formula is C19H29N5O2. The van der Waals surface area contributed by atoms with E-state index in [1.165, 1.54) is 19.3 Å². The molecule has 1 aromatic rings. The van der Waals surface area contributed by atoms with Crippen LogP contribution in [0.15, 0.2) is 18.3 Å². The summed E-state index contributed by atoms with van der Waals surface area (Å²) in [5.41, 5.74) is 0.707. The average molecular weight is 359 g/mol. The number of urea groups is 1. The van der Waals surface area contributed by atoms with E-state index in [-0.39, 0.29) is 11.9 Å². The first kappa shape index (κ1) is 18.5. The molecule has 1 aromatic heterocycles. The van der Waals surface area contributed by atoms with E-state index in [1.807, 2.05) is 12.1 Å². The topological polar surface area (TPSA) is 86.4 Å². The number of anilines is 2. The van der Waals surface area contributed by atoms with E-state index in [2.05, 4.69) is 25.8 Å². The highest BCUT2D eigenvalue weighted by atomic mass is 16.2. The maximum absolute atomic E-state index is 12.2. The number of amides is 3. The molecule has 7 nitrogen and oxygen atoms in total. The van der Waals surface area contributed by atoms with Gasteiger partial charge in [-0.2, -0.15) is 0 Å². The Morgan fingerprint density at radius 1 is 1.12 bits per heavy atom. The van der Waals surface area contributed by atoms with E-state index in [9.17, 15) is 9.59 Å². The minimum absolute atomic E-state index is 0.0105. The van der Waals surface area contributed by atoms with Gasteiger partial charge in [-0.1, -0.05) is 19.3 Å². The van der Waals surface area contributed by atoms with Crippen LogP contribution < -0.4 is 20.9 Å². The Balaban J connectivity index is 1.41. The molecule has 142 valence electrons. The largest absolute Gasteiger partial charge is 0.355 e. The predicted molar refractivity (Wildman–Crippen MR) is 102 cm³/mol. The summed E-state index contributed by atoms with van der Waals surface area (Å²) in [4.78, 5) is 30.7. The van der Waals surface area contributed by atoms with Crippen LogP contribution in [0.1, 0.15) is 51.4 Å². The molecule has 1 saturated carbocycles. The Kier molecular flexibility index (Phi) is 6.68. The fourth-order valence-electron chi connectivity index (χ4n) is 3.68. The molecule has 3 amide bonds. The van der Waals surface area contributed by atoms with Crippen LogP contribution >= 0.6 is 0 Å². The summed E-state index contributed by atoms with van der Waals surface area (Å²) in [6.45, 7) is 2.26. The van der Waals surface area contributed by atoms with Crippen LogP contribution in [0.3, 0.4) is 0 Å². The number of nitrogens with zero attached hydrogens (tertiary/aromatic N) is 2. The fraction of sp³-hybridized carbons (Fsp3) is 0.632. The Morgan fingerprint density at radius 3 is 2.65 bits per heavy atom. The van der Waals surface area contributed by atoms with Crippen molar-refractivity contribution in [1.82, 2.24) is 15.6 Å². The molecule has 7 heteroatoms. The van der Waals surface area contributed by atoms with Crippen LogP contribution in [0.2, 0.25) is 0 Å². The molecular weight excluding hydrogens is 330 g/mol. The molecule has 0 atom stereocenters. The number of pyridine rings is 1. The van der Waals surface area contributed by atoms with Gasteiger partial charge in [0.05, 0.1) is 5.69 Å². The van der Waals surface area contributed by atoms with Crippen molar-refractivity contribution in [2.75, 3.05) is 29.9 Å². The SMILES string of the molecule is O=C(CCNC(=O)Nc1cccnc1N1CCCC1)NC1CCCCC1. The van der Waals surface area contributed by atoms with Crippen molar-refractivity contribution in [3.05, 3.63) is 18.3 Å². The van der Waals surface area contributed by atoms with Gasteiger partial charge in [0, 0.05) is 38.3 Å². The summed E-state index contributed by atoms with van der Waals surface area (Å²) in [6, 6.07) is 3.68. The smallest absolute Gasteiger partial charge is 0.319 e. The predicted octanol–water partition coefficient (Wildman–Crippen LogP) is 2.64. The van der Waals surface area contributed by atoms with Crippen LogP contribution in [0.4, 0.5) is 16.3 Å². The van der Waals surface area contributed by atoms with Crippen molar-refractivity contribution >= 4 is 23.4 Å². The van der Waals surface area contributed by atoms with Gasteiger partial charge in [-0.3, -0.25) is 4.79 Å². The second-order valence-electron chi connectivity index (χ2n) is 7.10. The lowest BCUT2D eigenvalue weighted by molar-refractivity contribution is -0.121. The number of nitrogens with one attached hydrogen (secondary N) is 3. The number of carbonyl (C=O) groups excluding carboxylic acids is 2. The molecule has 2 heterocycles. The van der Waals surface area contributed by atoms with Gasteiger partial charge < -0.3 is 20.9 Å². The van der Waals surface area contributed by atoms with Crippen molar-refractivity contribution in [2.24, 2.45) is 0 Å². The average Bonchev–Trinajstić information content (AvgIpc) is 3.17. The molecule has 2 aliphatic rings. The summed E-state index contributed by atoms with van der Waals surface area (Å²) in [5, 5.41) is 8.68. The number of hydrogen-bond donors (Lipinski definition) is 3. The van der Waals surface area contributed by atoms with Gasteiger partial charge in [0.25, 0.3) is 0 Å². The first-order chi connectivity index (χ1) is 12.7. The molecule has 0 aromatic carbocycles. The van der Waals surface area contributed by atoms with Gasteiger partial charge in [0.2, 0.25) is 5.91 Å². The van der Waals surface area contributed by atoms with Crippen molar-refractivity contribution in [3.8, 4) is 0 Å². The van der Waals surface area contributed by atoms with E-state index in [4.69, 9.17) is 0 Å². The van der Waals surface area contributed by atoms with Crippen LogP contribution in [-0.4, -0.2) is 42.6 Å². The van der Waals surface area contributed by atoms with Gasteiger partial charge in [0.15, 0.2) is 5.82 Å². The minimum Gasteiger partial charge on any atom is -0.355 e. The summed E-state index contributed by atoms with van der Waals surface area (Å²) in [6.07, 6.45) is 10.1. The van der Waals surface area contributed by atoms with Crippen LogP contribution in [0.5, 0.6) is 0 Å². The molecule has 1 aliphatic heterocycles. The lowest BCUT2D eigenvalue weighted by Gasteiger charge is -2.22. The number of aromatic nitrogens is 1. The molecule has 26 heavy (non-hydrogen) atoms. The quantitative estimate of drug-likeness (QED) is 0.729. The Hall–Kier alpha value is -2.31. The zero-order valence-corrected chi connectivity index (χ0v) is 15.3. The molecule has 0 spiro atoms. The first-order valence-electron chi connectivity index (χ1n) is 9.76. The monoisotopic (exact) mass is 359 g/mol. The third kappa shape index (κ3) is 5.34.